The largest absolute Gasteiger partial charge is 0.488 e. The Kier molecular flexibility index (Phi) is 3.69. The number of hydrogen-bond donors (Lipinski definition) is 1. The molecule has 0 bridgehead atoms. The first-order valence-corrected chi connectivity index (χ1v) is 5.27. The van der Waals surface area contributed by atoms with Gasteiger partial charge in [0.2, 0.25) is 0 Å². The van der Waals surface area contributed by atoms with Crippen LogP contribution < -0.4 is 4.74 Å². The maximum atomic E-state index is 13.2. The summed E-state index contributed by atoms with van der Waals surface area (Å²) in [5.41, 5.74) is -0.197. The van der Waals surface area contributed by atoms with E-state index in [1.807, 2.05) is 0 Å². The van der Waals surface area contributed by atoms with Gasteiger partial charge in [0.1, 0.15) is 12.4 Å². The van der Waals surface area contributed by atoms with Crippen LogP contribution in [0.2, 0.25) is 0 Å². The fourth-order valence-corrected chi connectivity index (χ4v) is 1.34. The molecule has 0 aliphatic heterocycles. The molecule has 2 rings (SSSR count). The van der Waals surface area contributed by atoms with Crippen LogP contribution in [-0.2, 0) is 6.54 Å². The molecule has 100 valence electrons. The Labute approximate surface area is 106 Å². The molecule has 2 aromatic rings. The van der Waals surface area contributed by atoms with E-state index < -0.39 is 17.6 Å². The van der Waals surface area contributed by atoms with Crippen LogP contribution in [-0.4, -0.2) is 32.7 Å². The van der Waals surface area contributed by atoms with Crippen LogP contribution >= 0.6 is 0 Å². The third-order valence-electron chi connectivity index (χ3n) is 2.23. The predicted octanol–water partition coefficient (Wildman–Crippen LogP) is 1.33. The standard InChI is InChI=1S/C11H9F2N3O3/c12-7-1-2-8(13)10(5-7)19-4-3-16-6-9(11(17)18)14-15-16/h1-2,5-6H,3-4H2,(H,17,18). The lowest BCUT2D eigenvalue weighted by Crippen LogP contribution is -2.09. The number of benzene rings is 1. The highest BCUT2D eigenvalue weighted by Gasteiger charge is 2.09. The highest BCUT2D eigenvalue weighted by Crippen LogP contribution is 2.17. The molecule has 0 saturated heterocycles. The quantitative estimate of drug-likeness (QED) is 0.886. The molecular weight excluding hydrogens is 260 g/mol. The average molecular weight is 269 g/mol. The summed E-state index contributed by atoms with van der Waals surface area (Å²) in [6.45, 7) is 0.166. The summed E-state index contributed by atoms with van der Waals surface area (Å²) in [5, 5.41) is 15.6. The molecule has 0 aliphatic carbocycles. The van der Waals surface area contributed by atoms with Gasteiger partial charge >= 0.3 is 5.97 Å². The van der Waals surface area contributed by atoms with Crippen LogP contribution in [0.15, 0.2) is 24.4 Å². The summed E-state index contributed by atoms with van der Waals surface area (Å²) in [6.07, 6.45) is 1.22. The first-order valence-electron chi connectivity index (χ1n) is 5.27. The van der Waals surface area contributed by atoms with Gasteiger partial charge in [-0.15, -0.1) is 5.10 Å². The van der Waals surface area contributed by atoms with Crippen molar-refractivity contribution in [3.63, 3.8) is 0 Å². The van der Waals surface area contributed by atoms with Gasteiger partial charge < -0.3 is 9.84 Å². The van der Waals surface area contributed by atoms with Gasteiger partial charge in [-0.05, 0) is 12.1 Å². The molecular formula is C11H9F2N3O3. The van der Waals surface area contributed by atoms with Crippen molar-refractivity contribution in [2.75, 3.05) is 6.61 Å². The van der Waals surface area contributed by atoms with Gasteiger partial charge in [0.15, 0.2) is 17.3 Å². The maximum Gasteiger partial charge on any atom is 0.358 e. The summed E-state index contributed by atoms with van der Waals surface area (Å²) >= 11 is 0. The van der Waals surface area contributed by atoms with Crippen LogP contribution in [0.5, 0.6) is 5.75 Å². The average Bonchev–Trinajstić information content (AvgIpc) is 2.82. The molecule has 0 unspecified atom stereocenters. The lowest BCUT2D eigenvalue weighted by Gasteiger charge is -2.06. The lowest BCUT2D eigenvalue weighted by atomic mass is 10.3. The monoisotopic (exact) mass is 269 g/mol. The molecule has 6 nitrogen and oxygen atoms in total. The molecule has 8 heteroatoms. The van der Waals surface area contributed by atoms with Crippen molar-refractivity contribution in [1.82, 2.24) is 15.0 Å². The second kappa shape index (κ2) is 5.42. The second-order valence-electron chi connectivity index (χ2n) is 3.60. The van der Waals surface area contributed by atoms with Gasteiger partial charge in [0.05, 0.1) is 12.7 Å². The van der Waals surface area contributed by atoms with Gasteiger partial charge in [-0.1, -0.05) is 5.21 Å². The number of rotatable bonds is 5. The number of ether oxygens (including phenoxy) is 1. The van der Waals surface area contributed by atoms with Gasteiger partial charge in [-0.3, -0.25) is 0 Å². The zero-order valence-electron chi connectivity index (χ0n) is 9.58. The molecule has 19 heavy (non-hydrogen) atoms. The van der Waals surface area contributed by atoms with E-state index in [9.17, 15) is 13.6 Å². The number of carbonyl (C=O) groups is 1. The van der Waals surface area contributed by atoms with E-state index in [1.165, 1.54) is 10.9 Å². The van der Waals surface area contributed by atoms with E-state index in [4.69, 9.17) is 9.84 Å². The Bertz CT molecular complexity index is 601. The van der Waals surface area contributed by atoms with Crippen LogP contribution in [0.1, 0.15) is 10.5 Å². The summed E-state index contributed by atoms with van der Waals surface area (Å²) in [6, 6.07) is 2.88. The van der Waals surface area contributed by atoms with Crippen molar-refractivity contribution in [3.05, 3.63) is 41.7 Å². The van der Waals surface area contributed by atoms with Crippen LogP contribution in [0.25, 0.3) is 0 Å². The Morgan fingerprint density at radius 2 is 2.21 bits per heavy atom. The first-order chi connectivity index (χ1) is 9.06. The number of aromatic nitrogens is 3. The van der Waals surface area contributed by atoms with Crippen molar-refractivity contribution in [1.29, 1.82) is 0 Å². The number of carboxylic acid groups (broad SMARTS) is 1. The summed E-state index contributed by atoms with van der Waals surface area (Å²) < 4.78 is 32.3. The number of carboxylic acids is 1. The van der Waals surface area contributed by atoms with Gasteiger partial charge in [-0.25, -0.2) is 18.3 Å². The minimum atomic E-state index is -1.19. The smallest absolute Gasteiger partial charge is 0.358 e. The van der Waals surface area contributed by atoms with E-state index in [0.29, 0.717) is 0 Å². The molecule has 0 atom stereocenters. The van der Waals surface area contributed by atoms with E-state index in [1.54, 1.807) is 0 Å². The number of hydrogen-bond acceptors (Lipinski definition) is 4. The Hall–Kier alpha value is -2.51. The maximum absolute atomic E-state index is 13.2. The highest BCUT2D eigenvalue weighted by atomic mass is 19.1. The summed E-state index contributed by atoms with van der Waals surface area (Å²) in [7, 11) is 0. The van der Waals surface area contributed by atoms with E-state index in [-0.39, 0.29) is 24.6 Å². The summed E-state index contributed by atoms with van der Waals surface area (Å²) in [4.78, 5) is 10.6. The molecule has 1 aromatic heterocycles. The lowest BCUT2D eigenvalue weighted by molar-refractivity contribution is 0.0690. The van der Waals surface area contributed by atoms with Crippen molar-refractivity contribution in [3.8, 4) is 5.75 Å². The van der Waals surface area contributed by atoms with E-state index in [2.05, 4.69) is 10.3 Å². The SMILES string of the molecule is O=C(O)c1cn(CCOc2cc(F)ccc2F)nn1. The fraction of sp³-hybridized carbons (Fsp3) is 0.182. The normalized spacial score (nSPS) is 10.4. The van der Waals surface area contributed by atoms with Crippen LogP contribution in [0, 0.1) is 11.6 Å². The molecule has 0 amide bonds. The Morgan fingerprint density at radius 3 is 2.89 bits per heavy atom. The molecule has 0 radical (unpaired) electrons. The van der Waals surface area contributed by atoms with Crippen molar-refractivity contribution < 1.29 is 23.4 Å². The van der Waals surface area contributed by atoms with Gasteiger partial charge in [0, 0.05) is 6.07 Å². The number of aromatic carboxylic acids is 1. The number of nitrogens with zero attached hydrogens (tertiary/aromatic N) is 3. The van der Waals surface area contributed by atoms with Gasteiger partial charge in [0.25, 0.3) is 0 Å². The minimum absolute atomic E-state index is 0.00277. The topological polar surface area (TPSA) is 77.2 Å². The molecule has 0 spiro atoms. The zero-order valence-corrected chi connectivity index (χ0v) is 9.58. The molecule has 0 saturated carbocycles. The predicted molar refractivity (Wildman–Crippen MR) is 58.8 cm³/mol. The molecule has 1 N–H and O–H groups in total. The van der Waals surface area contributed by atoms with Crippen molar-refractivity contribution in [2.24, 2.45) is 0 Å². The molecule has 0 fully saturated rings. The Balaban J connectivity index is 1.92. The highest BCUT2D eigenvalue weighted by molar-refractivity contribution is 5.84. The van der Waals surface area contributed by atoms with E-state index >= 15 is 0 Å². The number of halogens is 2. The third kappa shape index (κ3) is 3.24. The Morgan fingerprint density at radius 1 is 1.42 bits per heavy atom. The first kappa shape index (κ1) is 12.9. The van der Waals surface area contributed by atoms with Crippen molar-refractivity contribution >= 4 is 5.97 Å². The fourth-order valence-electron chi connectivity index (χ4n) is 1.34. The van der Waals surface area contributed by atoms with Crippen LogP contribution in [0.4, 0.5) is 8.78 Å². The van der Waals surface area contributed by atoms with Crippen molar-refractivity contribution in [2.45, 2.75) is 6.54 Å². The third-order valence-corrected chi connectivity index (χ3v) is 2.23. The molecule has 1 aromatic carbocycles. The van der Waals surface area contributed by atoms with Crippen LogP contribution in [0.3, 0.4) is 0 Å². The van der Waals surface area contributed by atoms with E-state index in [0.717, 1.165) is 18.2 Å². The zero-order chi connectivity index (χ0) is 13.8. The second-order valence-corrected chi connectivity index (χ2v) is 3.60. The van der Waals surface area contributed by atoms with Gasteiger partial charge in [-0.2, -0.15) is 0 Å². The summed E-state index contributed by atoms with van der Waals surface area (Å²) in [5.74, 6) is -2.68. The minimum Gasteiger partial charge on any atom is -0.488 e. The molecule has 1 heterocycles. The molecule has 0 aliphatic rings.